The van der Waals surface area contributed by atoms with Gasteiger partial charge in [0.2, 0.25) is 0 Å². The summed E-state index contributed by atoms with van der Waals surface area (Å²) < 4.78 is 5.53. The van der Waals surface area contributed by atoms with Crippen LogP contribution in [0.5, 0.6) is 0 Å². The average molecular weight is 333 g/mol. The van der Waals surface area contributed by atoms with Crippen LogP contribution in [-0.4, -0.2) is 41.6 Å². The number of benzene rings is 1. The molecule has 23 heavy (non-hydrogen) atoms. The van der Waals surface area contributed by atoms with E-state index >= 15 is 0 Å². The summed E-state index contributed by atoms with van der Waals surface area (Å²) in [6.45, 7) is 2.36. The number of H-pyrrole nitrogens is 1. The molecule has 2 aliphatic heterocycles. The Morgan fingerprint density at radius 3 is 2.83 bits per heavy atom. The third kappa shape index (κ3) is 2.86. The van der Waals surface area contributed by atoms with Gasteiger partial charge in [-0.15, -0.1) is 0 Å². The zero-order chi connectivity index (χ0) is 15.8. The minimum Gasteiger partial charge on any atom is -0.368 e. The highest BCUT2D eigenvalue weighted by atomic mass is 35.5. The van der Waals surface area contributed by atoms with Crippen LogP contribution in [0.25, 0.3) is 10.9 Å². The Morgan fingerprint density at radius 2 is 2.09 bits per heavy atom. The number of fused-ring (bicyclic) bond motifs is 1. The van der Waals surface area contributed by atoms with Crippen molar-refractivity contribution in [1.29, 1.82) is 0 Å². The van der Waals surface area contributed by atoms with E-state index in [2.05, 4.69) is 11.2 Å². The first-order chi connectivity index (χ1) is 11.2. The van der Waals surface area contributed by atoms with Crippen LogP contribution in [0.3, 0.4) is 0 Å². The first-order valence-electron chi connectivity index (χ1n) is 8.39. The number of hydrogen-bond acceptors (Lipinski definition) is 2. The lowest BCUT2D eigenvalue weighted by Gasteiger charge is -2.33. The lowest BCUT2D eigenvalue weighted by molar-refractivity contribution is -0.142. The fourth-order valence-corrected chi connectivity index (χ4v) is 4.01. The maximum Gasteiger partial charge on any atom is 0.251 e. The van der Waals surface area contributed by atoms with E-state index in [-0.39, 0.29) is 12.0 Å². The number of carbonyl (C=O) groups excluding carboxylic acids is 1. The number of ether oxygens (including phenoxy) is 1. The van der Waals surface area contributed by atoms with Crippen molar-refractivity contribution in [3.63, 3.8) is 0 Å². The number of amides is 1. The van der Waals surface area contributed by atoms with E-state index in [0.717, 1.165) is 55.9 Å². The Balaban J connectivity index is 1.46. The van der Waals surface area contributed by atoms with Crippen molar-refractivity contribution in [2.45, 2.75) is 37.7 Å². The molecule has 0 radical (unpaired) electrons. The molecular formula is C18H21ClN2O2. The maximum atomic E-state index is 12.4. The van der Waals surface area contributed by atoms with Crippen molar-refractivity contribution in [3.8, 4) is 0 Å². The highest BCUT2D eigenvalue weighted by Crippen LogP contribution is 2.34. The number of aromatic amines is 1. The van der Waals surface area contributed by atoms with Crippen LogP contribution < -0.4 is 0 Å². The molecule has 1 N–H and O–H groups in total. The molecule has 0 bridgehead atoms. The third-order valence-electron chi connectivity index (χ3n) is 5.13. The molecule has 1 aromatic carbocycles. The van der Waals surface area contributed by atoms with Crippen LogP contribution in [0.2, 0.25) is 5.02 Å². The number of likely N-dealkylation sites (tertiary alicyclic amines) is 1. The van der Waals surface area contributed by atoms with Crippen molar-refractivity contribution < 1.29 is 9.53 Å². The van der Waals surface area contributed by atoms with Gasteiger partial charge >= 0.3 is 0 Å². The molecule has 1 aromatic heterocycles. The summed E-state index contributed by atoms with van der Waals surface area (Å²) in [5.41, 5.74) is 2.45. The molecule has 1 amide bonds. The molecule has 0 aliphatic carbocycles. The summed E-state index contributed by atoms with van der Waals surface area (Å²) in [4.78, 5) is 17.7. The van der Waals surface area contributed by atoms with Gasteiger partial charge in [0.25, 0.3) is 5.91 Å². The number of nitrogens with one attached hydrogen (secondary N) is 1. The molecule has 122 valence electrons. The van der Waals surface area contributed by atoms with Crippen LogP contribution in [0.15, 0.2) is 24.4 Å². The Morgan fingerprint density at radius 1 is 1.26 bits per heavy atom. The molecule has 1 unspecified atom stereocenters. The molecule has 2 aliphatic rings. The Bertz CT molecular complexity index is 713. The van der Waals surface area contributed by atoms with Crippen molar-refractivity contribution in [2.75, 3.05) is 19.7 Å². The highest BCUT2D eigenvalue weighted by molar-refractivity contribution is 6.31. The molecular weight excluding hydrogens is 312 g/mol. The monoisotopic (exact) mass is 332 g/mol. The summed E-state index contributed by atoms with van der Waals surface area (Å²) in [5.74, 6) is 0.665. The predicted molar refractivity (Wildman–Crippen MR) is 90.8 cm³/mol. The van der Waals surface area contributed by atoms with Crippen LogP contribution >= 0.6 is 11.6 Å². The van der Waals surface area contributed by atoms with Gasteiger partial charge in [-0.1, -0.05) is 11.6 Å². The second kappa shape index (κ2) is 6.17. The standard InChI is InChI=1S/C18H21ClN2O2/c19-13-3-4-16-14(10-13)15(11-20-16)12-5-7-21(8-6-12)18(22)17-2-1-9-23-17/h3-4,10-12,17,20H,1-2,5-9H2. The second-order valence-corrected chi connectivity index (χ2v) is 6.97. The Kier molecular flexibility index (Phi) is 4.04. The lowest BCUT2D eigenvalue weighted by atomic mass is 9.89. The summed E-state index contributed by atoms with van der Waals surface area (Å²) in [7, 11) is 0. The fraction of sp³-hybridized carbons (Fsp3) is 0.500. The zero-order valence-corrected chi connectivity index (χ0v) is 13.8. The topological polar surface area (TPSA) is 45.3 Å². The van der Waals surface area contributed by atoms with Crippen LogP contribution in [0, 0.1) is 0 Å². The fourth-order valence-electron chi connectivity index (χ4n) is 3.84. The Labute approximate surface area is 140 Å². The number of nitrogens with zero attached hydrogens (tertiary/aromatic N) is 1. The first kappa shape index (κ1) is 15.0. The summed E-state index contributed by atoms with van der Waals surface area (Å²) in [5, 5.41) is 1.98. The molecule has 5 heteroatoms. The van der Waals surface area contributed by atoms with E-state index in [0.29, 0.717) is 5.92 Å². The summed E-state index contributed by atoms with van der Waals surface area (Å²) >= 11 is 6.14. The molecule has 0 saturated carbocycles. The van der Waals surface area contributed by atoms with Crippen LogP contribution in [0.1, 0.15) is 37.2 Å². The van der Waals surface area contributed by atoms with Crippen molar-refractivity contribution in [3.05, 3.63) is 35.0 Å². The van der Waals surface area contributed by atoms with Crippen molar-refractivity contribution in [2.24, 2.45) is 0 Å². The number of aromatic nitrogens is 1. The lowest BCUT2D eigenvalue weighted by Crippen LogP contribution is -2.43. The molecule has 2 saturated heterocycles. The van der Waals surface area contributed by atoms with E-state index in [1.54, 1.807) is 0 Å². The molecule has 2 fully saturated rings. The predicted octanol–water partition coefficient (Wildman–Crippen LogP) is 3.71. The average Bonchev–Trinajstić information content (AvgIpc) is 3.24. The first-order valence-corrected chi connectivity index (χ1v) is 8.77. The number of hydrogen-bond donors (Lipinski definition) is 1. The number of piperidine rings is 1. The zero-order valence-electron chi connectivity index (χ0n) is 13.1. The minimum absolute atomic E-state index is 0.183. The van der Waals surface area contributed by atoms with E-state index < -0.39 is 0 Å². The molecule has 4 nitrogen and oxygen atoms in total. The van der Waals surface area contributed by atoms with Gasteiger partial charge in [0.1, 0.15) is 6.10 Å². The van der Waals surface area contributed by atoms with Crippen LogP contribution in [0.4, 0.5) is 0 Å². The van der Waals surface area contributed by atoms with Gasteiger partial charge in [-0.05, 0) is 55.4 Å². The second-order valence-electron chi connectivity index (χ2n) is 6.54. The van der Waals surface area contributed by atoms with Gasteiger partial charge in [0, 0.05) is 41.8 Å². The van der Waals surface area contributed by atoms with Gasteiger partial charge in [0.15, 0.2) is 0 Å². The van der Waals surface area contributed by atoms with E-state index in [4.69, 9.17) is 16.3 Å². The summed E-state index contributed by atoms with van der Waals surface area (Å²) in [6.07, 6.45) is 5.78. The largest absolute Gasteiger partial charge is 0.368 e. The van der Waals surface area contributed by atoms with Gasteiger partial charge in [-0.2, -0.15) is 0 Å². The van der Waals surface area contributed by atoms with Gasteiger partial charge in [-0.3, -0.25) is 4.79 Å². The number of halogens is 1. The van der Waals surface area contributed by atoms with E-state index in [1.807, 2.05) is 23.1 Å². The normalized spacial score (nSPS) is 22.8. The molecule has 2 aromatic rings. The molecule has 3 heterocycles. The van der Waals surface area contributed by atoms with Gasteiger partial charge in [0.05, 0.1) is 0 Å². The minimum atomic E-state index is -0.196. The van der Waals surface area contributed by atoms with E-state index in [1.165, 1.54) is 10.9 Å². The van der Waals surface area contributed by atoms with Gasteiger partial charge < -0.3 is 14.6 Å². The number of carbonyl (C=O) groups is 1. The summed E-state index contributed by atoms with van der Waals surface area (Å²) in [6, 6.07) is 5.97. The quantitative estimate of drug-likeness (QED) is 0.911. The smallest absolute Gasteiger partial charge is 0.251 e. The number of rotatable bonds is 2. The SMILES string of the molecule is O=C(C1CCCO1)N1CCC(c2c[nH]c3ccc(Cl)cc23)CC1. The molecule has 0 spiro atoms. The Hall–Kier alpha value is -1.52. The van der Waals surface area contributed by atoms with Gasteiger partial charge in [-0.25, -0.2) is 0 Å². The van der Waals surface area contributed by atoms with Crippen molar-refractivity contribution >= 4 is 28.4 Å². The third-order valence-corrected chi connectivity index (χ3v) is 5.36. The maximum absolute atomic E-state index is 12.4. The molecule has 1 atom stereocenters. The molecule has 4 rings (SSSR count). The van der Waals surface area contributed by atoms with E-state index in [9.17, 15) is 4.79 Å². The van der Waals surface area contributed by atoms with Crippen molar-refractivity contribution in [1.82, 2.24) is 9.88 Å². The highest BCUT2D eigenvalue weighted by Gasteiger charge is 2.31. The van der Waals surface area contributed by atoms with Crippen LogP contribution in [-0.2, 0) is 9.53 Å².